The average Bonchev–Trinajstić information content (AvgIpc) is 3.29. The maximum atomic E-state index is 13.0. The Morgan fingerprint density at radius 3 is 2.52 bits per heavy atom. The zero-order valence-electron chi connectivity index (χ0n) is 16.7. The highest BCUT2D eigenvalue weighted by atomic mass is 16.7. The molecular weight excluding hydrogens is 404 g/mol. The first-order valence-electron chi connectivity index (χ1n) is 9.90. The van der Waals surface area contributed by atoms with Crippen LogP contribution in [0.5, 0.6) is 11.5 Å². The van der Waals surface area contributed by atoms with E-state index >= 15 is 0 Å². The average molecular weight is 426 g/mol. The summed E-state index contributed by atoms with van der Waals surface area (Å²) >= 11 is 0. The molecule has 2 aromatic rings. The van der Waals surface area contributed by atoms with Gasteiger partial charge >= 0.3 is 5.97 Å². The third kappa shape index (κ3) is 4.95. The highest BCUT2D eigenvalue weighted by Gasteiger charge is 2.30. The van der Waals surface area contributed by atoms with Gasteiger partial charge < -0.3 is 29.2 Å². The number of morpholine rings is 1. The third-order valence-electron chi connectivity index (χ3n) is 4.93. The summed E-state index contributed by atoms with van der Waals surface area (Å²) in [6.07, 6.45) is -1.09. The molecule has 0 bridgehead atoms. The van der Waals surface area contributed by atoms with Crippen molar-refractivity contribution in [2.24, 2.45) is 0 Å². The van der Waals surface area contributed by atoms with Gasteiger partial charge in [0, 0.05) is 24.2 Å². The number of amides is 2. The van der Waals surface area contributed by atoms with Gasteiger partial charge in [-0.2, -0.15) is 0 Å². The Kier molecular flexibility index (Phi) is 6.32. The molecule has 2 heterocycles. The van der Waals surface area contributed by atoms with Gasteiger partial charge in [-0.1, -0.05) is 30.3 Å². The number of hydrogen-bond acceptors (Lipinski definition) is 7. The van der Waals surface area contributed by atoms with Gasteiger partial charge in [-0.25, -0.2) is 0 Å². The topological polar surface area (TPSA) is 103 Å². The van der Waals surface area contributed by atoms with Crippen LogP contribution in [0, 0.1) is 0 Å². The molecule has 162 valence electrons. The monoisotopic (exact) mass is 426 g/mol. The van der Waals surface area contributed by atoms with E-state index in [0.717, 1.165) is 0 Å². The highest BCUT2D eigenvalue weighted by molar-refractivity contribution is 5.96. The Bertz CT molecular complexity index is 958. The Balaban J connectivity index is 1.39. The lowest BCUT2D eigenvalue weighted by molar-refractivity contribution is -0.162. The molecule has 1 N–H and O–H groups in total. The summed E-state index contributed by atoms with van der Waals surface area (Å²) in [4.78, 5) is 39.4. The Morgan fingerprint density at radius 2 is 1.74 bits per heavy atom. The minimum atomic E-state index is -1.09. The number of carbonyl (C=O) groups excluding carboxylic acids is 3. The summed E-state index contributed by atoms with van der Waals surface area (Å²) in [7, 11) is 0. The Hall–Kier alpha value is -3.59. The fourth-order valence-electron chi connectivity index (χ4n) is 3.30. The maximum absolute atomic E-state index is 13.0. The van der Waals surface area contributed by atoms with Gasteiger partial charge in [0.25, 0.3) is 11.8 Å². The molecule has 0 spiro atoms. The molecule has 0 unspecified atom stereocenters. The normalized spacial score (nSPS) is 15.8. The number of carbonyl (C=O) groups is 3. The van der Waals surface area contributed by atoms with Crippen LogP contribution in [0.2, 0.25) is 0 Å². The Morgan fingerprint density at radius 1 is 1.00 bits per heavy atom. The van der Waals surface area contributed by atoms with Crippen molar-refractivity contribution in [2.75, 3.05) is 39.6 Å². The smallest absolute Gasteiger partial charge is 0.326 e. The second kappa shape index (κ2) is 9.48. The summed E-state index contributed by atoms with van der Waals surface area (Å²) in [5.74, 6) is -0.473. The fourth-order valence-corrected chi connectivity index (χ4v) is 3.30. The lowest BCUT2D eigenvalue weighted by Gasteiger charge is -2.30. The number of esters is 1. The van der Waals surface area contributed by atoms with Crippen LogP contribution in [0.4, 0.5) is 0 Å². The first-order valence-corrected chi connectivity index (χ1v) is 9.90. The van der Waals surface area contributed by atoms with Crippen LogP contribution in [0.15, 0.2) is 48.5 Å². The molecular formula is C22H22N2O7. The number of nitrogens with one attached hydrogen (secondary N) is 1. The first kappa shape index (κ1) is 20.7. The molecule has 9 nitrogen and oxygen atoms in total. The maximum Gasteiger partial charge on any atom is 0.326 e. The molecule has 31 heavy (non-hydrogen) atoms. The van der Waals surface area contributed by atoms with E-state index in [-0.39, 0.29) is 19.2 Å². The van der Waals surface area contributed by atoms with Crippen molar-refractivity contribution in [3.8, 4) is 11.5 Å². The van der Waals surface area contributed by atoms with Crippen molar-refractivity contribution < 1.29 is 33.3 Å². The molecule has 0 aromatic heterocycles. The lowest BCUT2D eigenvalue weighted by atomic mass is 10.1. The molecule has 2 aromatic carbocycles. The molecule has 2 aliphatic rings. The summed E-state index contributed by atoms with van der Waals surface area (Å²) in [6.45, 7) is 1.46. The molecule has 0 saturated carbocycles. The van der Waals surface area contributed by atoms with Crippen LogP contribution in [0.25, 0.3) is 0 Å². The molecule has 2 amide bonds. The molecule has 9 heteroatoms. The van der Waals surface area contributed by atoms with E-state index in [1.807, 2.05) is 6.07 Å². The molecule has 1 atom stereocenters. The zero-order chi connectivity index (χ0) is 21.6. The van der Waals surface area contributed by atoms with Crippen molar-refractivity contribution in [1.29, 1.82) is 0 Å². The van der Waals surface area contributed by atoms with Gasteiger partial charge in [-0.3, -0.25) is 14.4 Å². The van der Waals surface area contributed by atoms with Gasteiger partial charge in [0.1, 0.15) is 6.54 Å². The first-order chi connectivity index (χ1) is 15.1. The van der Waals surface area contributed by atoms with Crippen molar-refractivity contribution in [1.82, 2.24) is 10.2 Å². The minimum Gasteiger partial charge on any atom is -0.454 e. The van der Waals surface area contributed by atoms with Crippen molar-refractivity contribution in [3.63, 3.8) is 0 Å². The van der Waals surface area contributed by atoms with Gasteiger partial charge in [0.15, 0.2) is 11.5 Å². The summed E-state index contributed by atoms with van der Waals surface area (Å²) in [5, 5.41) is 2.51. The van der Waals surface area contributed by atoms with E-state index < -0.39 is 18.0 Å². The number of nitrogens with zero attached hydrogens (tertiary/aromatic N) is 1. The van der Waals surface area contributed by atoms with E-state index in [2.05, 4.69) is 5.32 Å². The van der Waals surface area contributed by atoms with E-state index in [0.29, 0.717) is 48.9 Å². The van der Waals surface area contributed by atoms with Crippen LogP contribution >= 0.6 is 0 Å². The number of ether oxygens (including phenoxy) is 4. The zero-order valence-corrected chi connectivity index (χ0v) is 16.7. The highest BCUT2D eigenvalue weighted by Crippen LogP contribution is 2.32. The molecule has 0 radical (unpaired) electrons. The largest absolute Gasteiger partial charge is 0.454 e. The van der Waals surface area contributed by atoms with Crippen LogP contribution in [-0.4, -0.2) is 62.3 Å². The summed E-state index contributed by atoms with van der Waals surface area (Å²) in [5.41, 5.74) is 0.885. The second-order valence-electron chi connectivity index (χ2n) is 6.97. The van der Waals surface area contributed by atoms with Crippen molar-refractivity contribution in [3.05, 3.63) is 59.7 Å². The van der Waals surface area contributed by atoms with E-state index in [1.54, 1.807) is 41.3 Å². The number of benzene rings is 2. The van der Waals surface area contributed by atoms with Crippen molar-refractivity contribution in [2.45, 2.75) is 6.10 Å². The third-order valence-corrected chi connectivity index (χ3v) is 4.93. The van der Waals surface area contributed by atoms with Gasteiger partial charge in [0.05, 0.1) is 13.2 Å². The van der Waals surface area contributed by atoms with E-state index in [1.165, 1.54) is 6.07 Å². The molecule has 1 fully saturated rings. The SMILES string of the molecule is O=C(CNC(=O)c1ccc2c(c1)OCO2)O[C@@H](C(=O)N1CCOCC1)c1ccccc1. The standard InChI is InChI=1S/C22H22N2O7/c25-19(13-23-21(26)16-6-7-17-18(12-16)30-14-29-17)31-20(15-4-2-1-3-5-15)22(27)24-8-10-28-11-9-24/h1-7,12,20H,8-11,13-14H2,(H,23,26)/t20-/m1/s1. The predicted molar refractivity (Wildman–Crippen MR) is 108 cm³/mol. The van der Waals surface area contributed by atoms with E-state index in [9.17, 15) is 14.4 Å². The minimum absolute atomic E-state index is 0.102. The van der Waals surface area contributed by atoms with Crippen molar-refractivity contribution >= 4 is 17.8 Å². The lowest BCUT2D eigenvalue weighted by Crippen LogP contribution is -2.44. The summed E-state index contributed by atoms with van der Waals surface area (Å²) < 4.78 is 21.2. The van der Waals surface area contributed by atoms with Crippen LogP contribution < -0.4 is 14.8 Å². The molecule has 1 saturated heterocycles. The van der Waals surface area contributed by atoms with Crippen LogP contribution in [0.3, 0.4) is 0 Å². The molecule has 2 aliphatic heterocycles. The quantitative estimate of drug-likeness (QED) is 0.694. The summed E-state index contributed by atoms with van der Waals surface area (Å²) in [6, 6.07) is 13.5. The molecule has 0 aliphatic carbocycles. The fraction of sp³-hybridized carbons (Fsp3) is 0.318. The van der Waals surface area contributed by atoms with Gasteiger partial charge in [-0.15, -0.1) is 0 Å². The number of hydrogen-bond donors (Lipinski definition) is 1. The van der Waals surface area contributed by atoms with Gasteiger partial charge in [-0.05, 0) is 18.2 Å². The molecule has 4 rings (SSSR count). The number of fused-ring (bicyclic) bond motifs is 1. The number of rotatable bonds is 6. The van der Waals surface area contributed by atoms with Crippen LogP contribution in [0.1, 0.15) is 22.0 Å². The van der Waals surface area contributed by atoms with Crippen LogP contribution in [-0.2, 0) is 19.1 Å². The second-order valence-corrected chi connectivity index (χ2v) is 6.97. The Labute approximate surface area is 178 Å². The van der Waals surface area contributed by atoms with E-state index in [4.69, 9.17) is 18.9 Å². The van der Waals surface area contributed by atoms with Gasteiger partial charge in [0.2, 0.25) is 12.9 Å². The predicted octanol–water partition coefficient (Wildman–Crippen LogP) is 1.29.